The monoisotopic (exact) mass is 258 g/mol. The second-order valence-electron chi connectivity index (χ2n) is 5.27. The topological polar surface area (TPSA) is 55.9 Å². The molecule has 1 heterocycles. The van der Waals surface area contributed by atoms with Gasteiger partial charge in [0.1, 0.15) is 5.82 Å². The number of nitrogens with zero attached hydrogens (tertiary/aromatic N) is 2. The van der Waals surface area contributed by atoms with Gasteiger partial charge in [0.25, 0.3) is 0 Å². The number of aryl methyl sites for hydroxylation is 2. The third-order valence-electron chi connectivity index (χ3n) is 3.20. The number of hydrogen-bond donors (Lipinski definition) is 2. The van der Waals surface area contributed by atoms with Gasteiger partial charge in [-0.1, -0.05) is 43.7 Å². The molecular weight excluding hydrogens is 236 g/mol. The second-order valence-corrected chi connectivity index (χ2v) is 5.27. The molecule has 0 radical (unpaired) electrons. The normalized spacial score (nSPS) is 11.0. The molecule has 4 nitrogen and oxygen atoms in total. The Morgan fingerprint density at radius 3 is 2.68 bits per heavy atom. The van der Waals surface area contributed by atoms with Crippen LogP contribution in [0.2, 0.25) is 0 Å². The van der Waals surface area contributed by atoms with Gasteiger partial charge in [0, 0.05) is 13.6 Å². The van der Waals surface area contributed by atoms with Crippen LogP contribution in [0.1, 0.15) is 36.6 Å². The first kappa shape index (κ1) is 13.5. The number of nitrogens with two attached hydrogens (primary N) is 1. The molecule has 2 rings (SSSR count). The van der Waals surface area contributed by atoms with Gasteiger partial charge in [0.2, 0.25) is 0 Å². The lowest BCUT2D eigenvalue weighted by Gasteiger charge is -2.08. The zero-order valence-electron chi connectivity index (χ0n) is 12.1. The van der Waals surface area contributed by atoms with Crippen LogP contribution in [-0.4, -0.2) is 9.78 Å². The van der Waals surface area contributed by atoms with E-state index in [1.165, 1.54) is 11.1 Å². The van der Waals surface area contributed by atoms with E-state index in [-0.39, 0.29) is 0 Å². The Labute approximate surface area is 114 Å². The molecule has 102 valence electrons. The predicted octanol–water partition coefficient (Wildman–Crippen LogP) is 3.05. The third kappa shape index (κ3) is 2.89. The van der Waals surface area contributed by atoms with Crippen LogP contribution in [0.3, 0.4) is 0 Å². The molecular formula is C15H22N4. The van der Waals surface area contributed by atoms with Crippen molar-refractivity contribution in [3.8, 4) is 0 Å². The van der Waals surface area contributed by atoms with Gasteiger partial charge in [-0.3, -0.25) is 4.68 Å². The van der Waals surface area contributed by atoms with Gasteiger partial charge in [-0.05, 0) is 18.4 Å². The summed E-state index contributed by atoms with van der Waals surface area (Å²) in [6.07, 6.45) is 0. The molecule has 0 aliphatic carbocycles. The molecule has 1 aromatic carbocycles. The van der Waals surface area contributed by atoms with Gasteiger partial charge < -0.3 is 11.1 Å². The van der Waals surface area contributed by atoms with E-state index in [2.05, 4.69) is 55.5 Å². The van der Waals surface area contributed by atoms with Crippen LogP contribution in [0.25, 0.3) is 0 Å². The fourth-order valence-corrected chi connectivity index (χ4v) is 2.21. The second kappa shape index (κ2) is 5.34. The van der Waals surface area contributed by atoms with Gasteiger partial charge in [-0.15, -0.1) is 0 Å². The maximum absolute atomic E-state index is 6.15. The fourth-order valence-electron chi connectivity index (χ4n) is 2.21. The first-order valence-corrected chi connectivity index (χ1v) is 6.60. The molecule has 0 fully saturated rings. The largest absolute Gasteiger partial charge is 0.394 e. The molecule has 0 aliphatic rings. The van der Waals surface area contributed by atoms with Crippen molar-refractivity contribution in [1.29, 1.82) is 0 Å². The van der Waals surface area contributed by atoms with Gasteiger partial charge in [-0.2, -0.15) is 5.10 Å². The molecule has 1 aromatic heterocycles. The van der Waals surface area contributed by atoms with Crippen LogP contribution in [0.4, 0.5) is 11.5 Å². The van der Waals surface area contributed by atoms with E-state index in [9.17, 15) is 0 Å². The Morgan fingerprint density at radius 2 is 2.11 bits per heavy atom. The number of benzene rings is 1. The van der Waals surface area contributed by atoms with Crippen molar-refractivity contribution in [2.45, 2.75) is 33.2 Å². The summed E-state index contributed by atoms with van der Waals surface area (Å²) < 4.78 is 1.82. The molecule has 0 atom stereocenters. The van der Waals surface area contributed by atoms with Gasteiger partial charge in [0.05, 0.1) is 11.4 Å². The Kier molecular flexibility index (Phi) is 3.79. The maximum atomic E-state index is 6.15. The van der Waals surface area contributed by atoms with E-state index in [0.717, 1.165) is 23.7 Å². The summed E-state index contributed by atoms with van der Waals surface area (Å²) in [5.74, 6) is 1.23. The Hall–Kier alpha value is -1.97. The zero-order valence-corrected chi connectivity index (χ0v) is 12.1. The number of rotatable bonds is 4. The number of hydrogen-bond acceptors (Lipinski definition) is 3. The molecule has 3 N–H and O–H groups in total. The van der Waals surface area contributed by atoms with E-state index < -0.39 is 0 Å². The highest BCUT2D eigenvalue weighted by Crippen LogP contribution is 2.27. The first-order valence-electron chi connectivity index (χ1n) is 6.60. The molecule has 4 heteroatoms. The summed E-state index contributed by atoms with van der Waals surface area (Å²) in [6.45, 7) is 7.05. The number of nitrogen functional groups attached to an aromatic ring is 1. The highest BCUT2D eigenvalue weighted by Gasteiger charge is 2.15. The molecule has 0 aliphatic heterocycles. The predicted molar refractivity (Wildman–Crippen MR) is 80.2 cm³/mol. The fraction of sp³-hybridized carbons (Fsp3) is 0.400. The lowest BCUT2D eigenvalue weighted by atomic mass is 10.1. The number of anilines is 2. The molecule has 0 spiro atoms. The minimum absolute atomic E-state index is 0.334. The summed E-state index contributed by atoms with van der Waals surface area (Å²) >= 11 is 0. The Balaban J connectivity index is 2.16. The highest BCUT2D eigenvalue weighted by molar-refractivity contribution is 5.65. The van der Waals surface area contributed by atoms with Crippen LogP contribution in [0.15, 0.2) is 24.3 Å². The molecule has 0 unspecified atom stereocenters. The number of nitrogens with one attached hydrogen (secondary N) is 1. The summed E-state index contributed by atoms with van der Waals surface area (Å²) in [7, 11) is 1.92. The van der Waals surface area contributed by atoms with Crippen LogP contribution in [-0.2, 0) is 13.6 Å². The Morgan fingerprint density at radius 1 is 1.37 bits per heavy atom. The van der Waals surface area contributed by atoms with E-state index in [1.807, 2.05) is 11.7 Å². The summed E-state index contributed by atoms with van der Waals surface area (Å²) in [4.78, 5) is 0. The quantitative estimate of drug-likeness (QED) is 0.886. The minimum Gasteiger partial charge on any atom is -0.394 e. The van der Waals surface area contributed by atoms with Crippen LogP contribution < -0.4 is 11.1 Å². The van der Waals surface area contributed by atoms with Crippen molar-refractivity contribution in [2.24, 2.45) is 7.05 Å². The van der Waals surface area contributed by atoms with Crippen molar-refractivity contribution in [3.05, 3.63) is 41.1 Å². The Bertz CT molecular complexity index is 570. The molecule has 0 bridgehead atoms. The minimum atomic E-state index is 0.334. The summed E-state index contributed by atoms with van der Waals surface area (Å²) in [6, 6.07) is 8.44. The van der Waals surface area contributed by atoms with Gasteiger partial charge in [-0.25, -0.2) is 0 Å². The standard InChI is InChI=1S/C15H22N4/c1-10(2)14-13(16)15(19(4)18-14)17-9-12-7-5-6-11(3)8-12/h5-8,10,17H,9,16H2,1-4H3. The molecule has 0 saturated carbocycles. The summed E-state index contributed by atoms with van der Waals surface area (Å²) in [5.41, 5.74) is 10.4. The lowest BCUT2D eigenvalue weighted by molar-refractivity contribution is 0.715. The van der Waals surface area contributed by atoms with Gasteiger partial charge >= 0.3 is 0 Å². The van der Waals surface area contributed by atoms with Crippen molar-refractivity contribution >= 4 is 11.5 Å². The number of aromatic nitrogens is 2. The smallest absolute Gasteiger partial charge is 0.148 e. The van der Waals surface area contributed by atoms with Crippen molar-refractivity contribution in [2.75, 3.05) is 11.1 Å². The molecule has 2 aromatic rings. The molecule has 0 saturated heterocycles. The van der Waals surface area contributed by atoms with E-state index in [0.29, 0.717) is 5.92 Å². The highest BCUT2D eigenvalue weighted by atomic mass is 15.3. The van der Waals surface area contributed by atoms with Crippen molar-refractivity contribution in [1.82, 2.24) is 9.78 Å². The zero-order chi connectivity index (χ0) is 14.0. The SMILES string of the molecule is Cc1cccc(CNc2c(N)c(C(C)C)nn2C)c1. The van der Waals surface area contributed by atoms with E-state index in [1.54, 1.807) is 0 Å². The summed E-state index contributed by atoms with van der Waals surface area (Å²) in [5, 5.41) is 7.84. The van der Waals surface area contributed by atoms with E-state index >= 15 is 0 Å². The van der Waals surface area contributed by atoms with Crippen molar-refractivity contribution in [3.63, 3.8) is 0 Å². The maximum Gasteiger partial charge on any atom is 0.148 e. The van der Waals surface area contributed by atoms with Gasteiger partial charge in [0.15, 0.2) is 0 Å². The first-order chi connectivity index (χ1) is 8.99. The lowest BCUT2D eigenvalue weighted by Crippen LogP contribution is -2.06. The van der Waals surface area contributed by atoms with Crippen LogP contribution in [0, 0.1) is 6.92 Å². The van der Waals surface area contributed by atoms with E-state index in [4.69, 9.17) is 5.73 Å². The molecule has 0 amide bonds. The van der Waals surface area contributed by atoms with Crippen LogP contribution in [0.5, 0.6) is 0 Å². The molecule has 19 heavy (non-hydrogen) atoms. The van der Waals surface area contributed by atoms with Crippen LogP contribution >= 0.6 is 0 Å². The average molecular weight is 258 g/mol. The van der Waals surface area contributed by atoms with Crippen molar-refractivity contribution < 1.29 is 0 Å². The average Bonchev–Trinajstić information content (AvgIpc) is 2.63. The third-order valence-corrected chi connectivity index (χ3v) is 3.20.